The van der Waals surface area contributed by atoms with Crippen LogP contribution in [0.25, 0.3) is 0 Å². The molecule has 0 unspecified atom stereocenters. The van der Waals surface area contributed by atoms with Gasteiger partial charge in [-0.2, -0.15) is 0 Å². The SMILES string of the molecule is Clc1cccc(OCc2ccoc2C2CCNCC2)c1. The van der Waals surface area contributed by atoms with Crippen LogP contribution in [0, 0.1) is 0 Å². The van der Waals surface area contributed by atoms with E-state index in [0.717, 1.165) is 43.0 Å². The lowest BCUT2D eigenvalue weighted by Crippen LogP contribution is -2.26. The third-order valence-corrected chi connectivity index (χ3v) is 3.92. The maximum atomic E-state index is 5.95. The van der Waals surface area contributed by atoms with Crippen molar-refractivity contribution in [1.82, 2.24) is 5.32 Å². The van der Waals surface area contributed by atoms with Gasteiger partial charge >= 0.3 is 0 Å². The summed E-state index contributed by atoms with van der Waals surface area (Å²) in [5.74, 6) is 2.37. The average Bonchev–Trinajstić information content (AvgIpc) is 2.95. The van der Waals surface area contributed by atoms with Gasteiger partial charge in [-0.1, -0.05) is 17.7 Å². The zero-order chi connectivity index (χ0) is 13.8. The number of nitrogens with one attached hydrogen (secondary N) is 1. The van der Waals surface area contributed by atoms with E-state index in [0.29, 0.717) is 17.5 Å². The van der Waals surface area contributed by atoms with Crippen LogP contribution in [-0.2, 0) is 6.61 Å². The molecule has 0 spiro atoms. The fraction of sp³-hybridized carbons (Fsp3) is 0.375. The van der Waals surface area contributed by atoms with Gasteiger partial charge in [0.05, 0.1) is 6.26 Å². The molecule has 1 aliphatic rings. The van der Waals surface area contributed by atoms with Gasteiger partial charge in [-0.25, -0.2) is 0 Å². The minimum absolute atomic E-state index is 0.504. The minimum Gasteiger partial charge on any atom is -0.489 e. The largest absolute Gasteiger partial charge is 0.489 e. The van der Waals surface area contributed by atoms with Gasteiger partial charge in [0, 0.05) is 16.5 Å². The predicted octanol–water partition coefficient (Wildman–Crippen LogP) is 3.98. The van der Waals surface area contributed by atoms with Crippen molar-refractivity contribution >= 4 is 11.6 Å². The Bertz CT molecular complexity index is 561. The molecule has 0 radical (unpaired) electrons. The van der Waals surface area contributed by atoms with E-state index in [1.54, 1.807) is 6.26 Å². The number of hydrogen-bond donors (Lipinski definition) is 1. The molecule has 1 saturated heterocycles. The molecule has 0 bridgehead atoms. The van der Waals surface area contributed by atoms with Crippen molar-refractivity contribution in [2.75, 3.05) is 13.1 Å². The van der Waals surface area contributed by atoms with Gasteiger partial charge in [-0.05, 0) is 50.2 Å². The number of furan rings is 1. The molecule has 3 rings (SSSR count). The fourth-order valence-corrected chi connectivity index (χ4v) is 2.81. The number of piperidine rings is 1. The summed E-state index contributed by atoms with van der Waals surface area (Å²) in [5.41, 5.74) is 1.14. The van der Waals surface area contributed by atoms with Crippen LogP contribution in [0.4, 0.5) is 0 Å². The lowest BCUT2D eigenvalue weighted by molar-refractivity contribution is 0.296. The van der Waals surface area contributed by atoms with Gasteiger partial charge in [0.25, 0.3) is 0 Å². The van der Waals surface area contributed by atoms with Crippen molar-refractivity contribution in [3.8, 4) is 5.75 Å². The molecule has 1 aliphatic heterocycles. The summed E-state index contributed by atoms with van der Waals surface area (Å²) in [5, 5.41) is 4.06. The molecular weight excluding hydrogens is 274 g/mol. The summed E-state index contributed by atoms with van der Waals surface area (Å²) in [6.45, 7) is 2.63. The molecule has 0 aliphatic carbocycles. The van der Waals surface area contributed by atoms with Crippen molar-refractivity contribution in [3.05, 3.63) is 52.9 Å². The first-order chi connectivity index (χ1) is 9.83. The molecule has 106 valence electrons. The summed E-state index contributed by atoms with van der Waals surface area (Å²) < 4.78 is 11.5. The Morgan fingerprint density at radius 3 is 2.90 bits per heavy atom. The van der Waals surface area contributed by atoms with Crippen LogP contribution in [-0.4, -0.2) is 13.1 Å². The van der Waals surface area contributed by atoms with Crippen LogP contribution in [0.2, 0.25) is 5.02 Å². The quantitative estimate of drug-likeness (QED) is 0.925. The van der Waals surface area contributed by atoms with E-state index in [1.165, 1.54) is 0 Å². The minimum atomic E-state index is 0.504. The molecule has 2 aromatic rings. The van der Waals surface area contributed by atoms with Crippen molar-refractivity contribution in [2.45, 2.75) is 25.4 Å². The number of halogens is 1. The molecular formula is C16H18ClNO2. The van der Waals surface area contributed by atoms with Gasteiger partial charge in [0.15, 0.2) is 0 Å². The first kappa shape index (κ1) is 13.5. The molecule has 0 amide bonds. The molecule has 0 atom stereocenters. The Morgan fingerprint density at radius 2 is 2.10 bits per heavy atom. The topological polar surface area (TPSA) is 34.4 Å². The Hall–Kier alpha value is -1.45. The van der Waals surface area contributed by atoms with Crippen LogP contribution in [0.1, 0.15) is 30.1 Å². The lowest BCUT2D eigenvalue weighted by Gasteiger charge is -2.21. The molecule has 2 heterocycles. The van der Waals surface area contributed by atoms with Gasteiger partial charge in [0.2, 0.25) is 0 Å². The summed E-state index contributed by atoms with van der Waals surface area (Å²) in [4.78, 5) is 0. The second kappa shape index (κ2) is 6.33. The highest BCUT2D eigenvalue weighted by Gasteiger charge is 2.21. The Morgan fingerprint density at radius 1 is 1.25 bits per heavy atom. The average molecular weight is 292 g/mol. The van der Waals surface area contributed by atoms with Crippen LogP contribution in [0.15, 0.2) is 41.0 Å². The first-order valence-electron chi connectivity index (χ1n) is 6.98. The van der Waals surface area contributed by atoms with E-state index in [4.69, 9.17) is 20.8 Å². The summed E-state index contributed by atoms with van der Waals surface area (Å²) >= 11 is 5.95. The zero-order valence-electron chi connectivity index (χ0n) is 11.3. The third-order valence-electron chi connectivity index (χ3n) is 3.68. The van der Waals surface area contributed by atoms with E-state index >= 15 is 0 Å². The van der Waals surface area contributed by atoms with Crippen LogP contribution in [0.3, 0.4) is 0 Å². The summed E-state index contributed by atoms with van der Waals surface area (Å²) in [6, 6.07) is 9.47. The van der Waals surface area contributed by atoms with E-state index in [9.17, 15) is 0 Å². The maximum absolute atomic E-state index is 5.95. The molecule has 3 nitrogen and oxygen atoms in total. The van der Waals surface area contributed by atoms with Gasteiger partial charge in [-0.3, -0.25) is 0 Å². The number of ether oxygens (including phenoxy) is 1. The Kier molecular flexibility index (Phi) is 4.28. The second-order valence-electron chi connectivity index (χ2n) is 5.08. The predicted molar refractivity (Wildman–Crippen MR) is 79.3 cm³/mol. The van der Waals surface area contributed by atoms with E-state index < -0.39 is 0 Å². The number of benzene rings is 1. The van der Waals surface area contributed by atoms with Crippen molar-refractivity contribution in [3.63, 3.8) is 0 Å². The monoisotopic (exact) mass is 291 g/mol. The van der Waals surface area contributed by atoms with Crippen molar-refractivity contribution in [2.24, 2.45) is 0 Å². The highest BCUT2D eigenvalue weighted by atomic mass is 35.5. The first-order valence-corrected chi connectivity index (χ1v) is 7.36. The van der Waals surface area contributed by atoms with Gasteiger partial charge in [0.1, 0.15) is 18.1 Å². The highest BCUT2D eigenvalue weighted by Crippen LogP contribution is 2.29. The second-order valence-corrected chi connectivity index (χ2v) is 5.52. The van der Waals surface area contributed by atoms with Gasteiger partial charge < -0.3 is 14.5 Å². The molecule has 20 heavy (non-hydrogen) atoms. The lowest BCUT2D eigenvalue weighted by atomic mass is 9.93. The fourth-order valence-electron chi connectivity index (χ4n) is 2.63. The number of hydrogen-bond acceptors (Lipinski definition) is 3. The van der Waals surface area contributed by atoms with Crippen LogP contribution >= 0.6 is 11.6 Å². The van der Waals surface area contributed by atoms with E-state index in [-0.39, 0.29) is 0 Å². The van der Waals surface area contributed by atoms with Crippen LogP contribution < -0.4 is 10.1 Å². The standard InChI is InChI=1S/C16H18ClNO2/c17-14-2-1-3-15(10-14)20-11-13-6-9-19-16(13)12-4-7-18-8-5-12/h1-3,6,9-10,12,18H,4-5,7-8,11H2. The molecule has 1 fully saturated rings. The highest BCUT2D eigenvalue weighted by molar-refractivity contribution is 6.30. The smallest absolute Gasteiger partial charge is 0.121 e. The summed E-state index contributed by atoms with van der Waals surface area (Å²) in [6.07, 6.45) is 4.00. The third kappa shape index (κ3) is 3.17. The Balaban J connectivity index is 1.67. The zero-order valence-corrected chi connectivity index (χ0v) is 12.0. The van der Waals surface area contributed by atoms with E-state index in [2.05, 4.69) is 5.32 Å². The maximum Gasteiger partial charge on any atom is 0.121 e. The van der Waals surface area contributed by atoms with Crippen molar-refractivity contribution < 1.29 is 9.15 Å². The molecule has 1 N–H and O–H groups in total. The number of rotatable bonds is 4. The normalized spacial score (nSPS) is 16.2. The van der Waals surface area contributed by atoms with Gasteiger partial charge in [-0.15, -0.1) is 0 Å². The molecule has 4 heteroatoms. The molecule has 0 saturated carbocycles. The van der Waals surface area contributed by atoms with Crippen LogP contribution in [0.5, 0.6) is 5.75 Å². The van der Waals surface area contributed by atoms with E-state index in [1.807, 2.05) is 30.3 Å². The van der Waals surface area contributed by atoms with Crippen molar-refractivity contribution in [1.29, 1.82) is 0 Å². The molecule has 1 aromatic heterocycles. The Labute approximate surface area is 123 Å². The summed E-state index contributed by atoms with van der Waals surface area (Å²) in [7, 11) is 0. The molecule has 1 aromatic carbocycles.